The van der Waals surface area contributed by atoms with E-state index in [0.717, 1.165) is 4.47 Å². The second-order valence-electron chi connectivity index (χ2n) is 3.29. The number of carboxylic acids is 1. The molecule has 0 spiro atoms. The van der Waals surface area contributed by atoms with E-state index >= 15 is 0 Å². The highest BCUT2D eigenvalue weighted by Crippen LogP contribution is 2.15. The number of carboxylic acid groups (broad SMARTS) is 1. The van der Waals surface area contributed by atoms with Gasteiger partial charge in [-0.2, -0.15) is 0 Å². The first kappa shape index (κ1) is 14.2. The average molecular weight is 321 g/mol. The van der Waals surface area contributed by atoms with Crippen molar-refractivity contribution >= 4 is 32.7 Å². The van der Waals surface area contributed by atoms with Gasteiger partial charge in [0.2, 0.25) is 0 Å². The Hall–Kier alpha value is -0.880. The quantitative estimate of drug-likeness (QED) is 0.835. The van der Waals surface area contributed by atoms with Gasteiger partial charge in [-0.3, -0.25) is 9.00 Å². The van der Waals surface area contributed by atoms with Crippen LogP contribution in [0, 0.1) is 0 Å². The van der Waals surface area contributed by atoms with E-state index in [1.54, 1.807) is 0 Å². The van der Waals surface area contributed by atoms with Crippen LogP contribution in [0.3, 0.4) is 0 Å². The molecule has 1 rings (SSSR count). The summed E-state index contributed by atoms with van der Waals surface area (Å²) < 4.78 is 17.7. The van der Waals surface area contributed by atoms with E-state index in [2.05, 4.69) is 15.9 Å². The van der Waals surface area contributed by atoms with Crippen LogP contribution in [0.15, 0.2) is 28.7 Å². The van der Waals surface area contributed by atoms with Gasteiger partial charge in [0, 0.05) is 21.0 Å². The minimum Gasteiger partial charge on any atom is -0.493 e. The molecule has 6 heteroatoms. The zero-order chi connectivity index (χ0) is 12.7. The first-order valence-electron chi connectivity index (χ1n) is 5.03. The maximum Gasteiger partial charge on any atom is 0.304 e. The summed E-state index contributed by atoms with van der Waals surface area (Å²) in [6.07, 6.45) is -0.0646. The van der Waals surface area contributed by atoms with Crippen LogP contribution < -0.4 is 4.74 Å². The summed E-state index contributed by atoms with van der Waals surface area (Å²) >= 11 is 3.31. The fourth-order valence-electron chi connectivity index (χ4n) is 1.09. The molecule has 1 aromatic rings. The van der Waals surface area contributed by atoms with Crippen LogP contribution in [0.25, 0.3) is 0 Å². The van der Waals surface area contributed by atoms with Crippen molar-refractivity contribution in [2.75, 3.05) is 18.1 Å². The second-order valence-corrected chi connectivity index (χ2v) is 5.91. The van der Waals surface area contributed by atoms with Gasteiger partial charge in [0.25, 0.3) is 0 Å². The molecule has 0 aromatic heterocycles. The lowest BCUT2D eigenvalue weighted by molar-refractivity contribution is -0.136. The van der Waals surface area contributed by atoms with Crippen molar-refractivity contribution in [2.45, 2.75) is 6.42 Å². The first-order valence-corrected chi connectivity index (χ1v) is 7.31. The third-order valence-corrected chi connectivity index (χ3v) is 3.75. The Morgan fingerprint density at radius 2 is 1.94 bits per heavy atom. The Bertz CT molecular complexity index is 391. The Kier molecular flexibility index (Phi) is 6.21. The van der Waals surface area contributed by atoms with Crippen molar-refractivity contribution in [3.8, 4) is 5.75 Å². The number of ether oxygens (including phenoxy) is 1. The Balaban J connectivity index is 2.21. The van der Waals surface area contributed by atoms with Crippen LogP contribution in [0.4, 0.5) is 0 Å². The van der Waals surface area contributed by atoms with Crippen molar-refractivity contribution in [3.63, 3.8) is 0 Å². The normalized spacial score (nSPS) is 12.1. The van der Waals surface area contributed by atoms with E-state index in [4.69, 9.17) is 9.84 Å². The fourth-order valence-corrected chi connectivity index (χ4v) is 2.23. The van der Waals surface area contributed by atoms with E-state index in [0.29, 0.717) is 18.1 Å². The van der Waals surface area contributed by atoms with E-state index < -0.39 is 16.8 Å². The topological polar surface area (TPSA) is 63.6 Å². The van der Waals surface area contributed by atoms with Gasteiger partial charge in [-0.05, 0) is 24.3 Å². The van der Waals surface area contributed by atoms with Gasteiger partial charge in [0.05, 0.1) is 18.8 Å². The standard InChI is InChI=1S/C11H13BrO4S/c12-9-1-3-10(4-2-9)16-6-8-17(15)7-5-11(13)14/h1-4H,5-8H2,(H,13,14). The van der Waals surface area contributed by atoms with Crippen molar-refractivity contribution < 1.29 is 18.8 Å². The number of hydrogen-bond donors (Lipinski definition) is 1. The van der Waals surface area contributed by atoms with Crippen LogP contribution in [-0.4, -0.2) is 33.4 Å². The van der Waals surface area contributed by atoms with Crippen molar-refractivity contribution in [2.24, 2.45) is 0 Å². The number of aliphatic carboxylic acids is 1. The van der Waals surface area contributed by atoms with Crippen LogP contribution in [0.5, 0.6) is 5.75 Å². The number of hydrogen-bond acceptors (Lipinski definition) is 3. The summed E-state index contributed by atoms with van der Waals surface area (Å²) in [5.41, 5.74) is 0. The molecule has 1 atom stereocenters. The predicted molar refractivity (Wildman–Crippen MR) is 69.8 cm³/mol. The molecule has 0 aliphatic carbocycles. The number of carbonyl (C=O) groups is 1. The summed E-state index contributed by atoms with van der Waals surface area (Å²) in [6.45, 7) is 0.327. The number of benzene rings is 1. The van der Waals surface area contributed by atoms with E-state index in [1.165, 1.54) is 0 Å². The minimum absolute atomic E-state index is 0.0646. The molecule has 1 N–H and O–H groups in total. The first-order chi connectivity index (χ1) is 8.08. The summed E-state index contributed by atoms with van der Waals surface area (Å²) in [4.78, 5) is 10.3. The summed E-state index contributed by atoms with van der Waals surface area (Å²) in [7, 11) is -1.13. The van der Waals surface area contributed by atoms with Crippen molar-refractivity contribution in [3.05, 3.63) is 28.7 Å². The lowest BCUT2D eigenvalue weighted by atomic mass is 10.3. The van der Waals surface area contributed by atoms with Crippen molar-refractivity contribution in [1.82, 2.24) is 0 Å². The van der Waals surface area contributed by atoms with Crippen LogP contribution in [0.1, 0.15) is 6.42 Å². The maximum absolute atomic E-state index is 11.4. The molecule has 94 valence electrons. The minimum atomic E-state index is -1.13. The average Bonchev–Trinajstić information content (AvgIpc) is 2.29. The highest BCUT2D eigenvalue weighted by atomic mass is 79.9. The van der Waals surface area contributed by atoms with Gasteiger partial charge in [0.1, 0.15) is 5.75 Å². The second kappa shape index (κ2) is 7.45. The zero-order valence-corrected chi connectivity index (χ0v) is 11.5. The molecular weight excluding hydrogens is 308 g/mol. The van der Waals surface area contributed by atoms with Gasteiger partial charge in [-0.25, -0.2) is 0 Å². The molecular formula is C11H13BrO4S. The smallest absolute Gasteiger partial charge is 0.304 e. The van der Waals surface area contributed by atoms with Crippen LogP contribution in [0.2, 0.25) is 0 Å². The molecule has 0 amide bonds. The van der Waals surface area contributed by atoms with Crippen LogP contribution >= 0.6 is 15.9 Å². The molecule has 1 aromatic carbocycles. The predicted octanol–water partition coefficient (Wildman–Crippen LogP) is 2.05. The molecule has 0 saturated heterocycles. The number of rotatable bonds is 7. The molecule has 0 radical (unpaired) electrons. The lowest BCUT2D eigenvalue weighted by Gasteiger charge is -2.05. The molecule has 0 fully saturated rings. The van der Waals surface area contributed by atoms with Gasteiger partial charge < -0.3 is 9.84 Å². The Morgan fingerprint density at radius 3 is 2.53 bits per heavy atom. The van der Waals surface area contributed by atoms with Crippen molar-refractivity contribution in [1.29, 1.82) is 0 Å². The largest absolute Gasteiger partial charge is 0.493 e. The van der Waals surface area contributed by atoms with Gasteiger partial charge in [0.15, 0.2) is 0 Å². The Labute approximate surface area is 111 Å². The summed E-state index contributed by atoms with van der Waals surface area (Å²) in [5.74, 6) is 0.318. The zero-order valence-electron chi connectivity index (χ0n) is 9.10. The van der Waals surface area contributed by atoms with Gasteiger partial charge >= 0.3 is 5.97 Å². The molecule has 0 aliphatic heterocycles. The number of halogens is 1. The third-order valence-electron chi connectivity index (χ3n) is 1.94. The molecule has 4 nitrogen and oxygen atoms in total. The highest BCUT2D eigenvalue weighted by Gasteiger charge is 2.04. The molecule has 0 bridgehead atoms. The Morgan fingerprint density at radius 1 is 1.29 bits per heavy atom. The molecule has 0 saturated carbocycles. The van der Waals surface area contributed by atoms with Gasteiger partial charge in [-0.15, -0.1) is 0 Å². The summed E-state index contributed by atoms with van der Waals surface area (Å²) in [6, 6.07) is 7.34. The molecule has 0 heterocycles. The monoisotopic (exact) mass is 320 g/mol. The van der Waals surface area contributed by atoms with Gasteiger partial charge in [-0.1, -0.05) is 15.9 Å². The van der Waals surface area contributed by atoms with E-state index in [-0.39, 0.29) is 12.2 Å². The molecule has 1 unspecified atom stereocenters. The highest BCUT2D eigenvalue weighted by molar-refractivity contribution is 9.10. The third kappa shape index (κ3) is 6.43. The SMILES string of the molecule is O=C(O)CCS(=O)CCOc1ccc(Br)cc1. The lowest BCUT2D eigenvalue weighted by Crippen LogP contribution is -2.13. The maximum atomic E-state index is 11.4. The molecule has 0 aliphatic rings. The van der Waals surface area contributed by atoms with E-state index in [9.17, 15) is 9.00 Å². The fraction of sp³-hybridized carbons (Fsp3) is 0.364. The summed E-state index contributed by atoms with van der Waals surface area (Å²) in [5, 5.41) is 8.42. The molecule has 17 heavy (non-hydrogen) atoms. The van der Waals surface area contributed by atoms with E-state index in [1.807, 2.05) is 24.3 Å². The van der Waals surface area contributed by atoms with Crippen LogP contribution in [-0.2, 0) is 15.6 Å².